The number of ether oxygens (including phenoxy) is 2. The lowest BCUT2D eigenvalue weighted by Gasteiger charge is -2.33. The number of hydrogen-bond acceptors (Lipinski definition) is 8. The van der Waals surface area contributed by atoms with Gasteiger partial charge in [-0.1, -0.05) is 28.9 Å². The lowest BCUT2D eigenvalue weighted by molar-refractivity contribution is 0.0911. The summed E-state index contributed by atoms with van der Waals surface area (Å²) in [5, 5.41) is 9.59. The van der Waals surface area contributed by atoms with Crippen molar-refractivity contribution in [3.05, 3.63) is 59.4 Å². The van der Waals surface area contributed by atoms with Gasteiger partial charge in [0.15, 0.2) is 11.6 Å². The Morgan fingerprint density at radius 2 is 2.06 bits per heavy atom. The van der Waals surface area contributed by atoms with Crippen LogP contribution in [0.4, 0.5) is 5.95 Å². The number of aromatic nitrogens is 5. The van der Waals surface area contributed by atoms with Gasteiger partial charge in [-0.25, -0.2) is 9.67 Å². The van der Waals surface area contributed by atoms with Crippen molar-refractivity contribution in [1.82, 2.24) is 24.9 Å². The maximum Gasteiger partial charge on any atom is 0.245 e. The first-order chi connectivity index (χ1) is 15.6. The molecule has 4 heterocycles. The zero-order chi connectivity index (χ0) is 22.1. The van der Waals surface area contributed by atoms with E-state index in [1.165, 1.54) is 0 Å². The van der Waals surface area contributed by atoms with Crippen LogP contribution in [-0.2, 0) is 11.8 Å². The van der Waals surface area contributed by atoms with E-state index >= 15 is 0 Å². The molecule has 0 bridgehead atoms. The summed E-state index contributed by atoms with van der Waals surface area (Å²) in [5.41, 5.74) is 2.46. The molecule has 5 rings (SSSR count). The van der Waals surface area contributed by atoms with Crippen LogP contribution in [0.25, 0.3) is 22.7 Å². The van der Waals surface area contributed by atoms with E-state index in [1.54, 1.807) is 24.1 Å². The Labute approximate surface area is 189 Å². The lowest BCUT2D eigenvalue weighted by atomic mass is 10.1. The van der Waals surface area contributed by atoms with Crippen LogP contribution < -0.4 is 9.64 Å². The van der Waals surface area contributed by atoms with Gasteiger partial charge in [0.1, 0.15) is 11.7 Å². The molecule has 10 heteroatoms. The molecule has 32 heavy (non-hydrogen) atoms. The summed E-state index contributed by atoms with van der Waals surface area (Å²) in [4.78, 5) is 11.1. The first-order valence-corrected chi connectivity index (χ1v) is 10.5. The predicted molar refractivity (Wildman–Crippen MR) is 119 cm³/mol. The van der Waals surface area contributed by atoms with E-state index in [0.717, 1.165) is 16.8 Å². The van der Waals surface area contributed by atoms with Gasteiger partial charge >= 0.3 is 0 Å². The highest BCUT2D eigenvalue weighted by molar-refractivity contribution is 6.30. The van der Waals surface area contributed by atoms with E-state index in [9.17, 15) is 0 Å². The molecular formula is C22H21ClN6O3. The number of anilines is 1. The molecule has 0 aliphatic carbocycles. The minimum Gasteiger partial charge on any atom is -0.481 e. The number of pyridine rings is 1. The number of nitrogens with zero attached hydrogens (tertiary/aromatic N) is 6. The third-order valence-corrected chi connectivity index (χ3v) is 5.55. The smallest absolute Gasteiger partial charge is 0.245 e. The van der Waals surface area contributed by atoms with Gasteiger partial charge in [-0.2, -0.15) is 4.98 Å². The Kier molecular flexibility index (Phi) is 5.50. The quantitative estimate of drug-likeness (QED) is 0.452. The zero-order valence-corrected chi connectivity index (χ0v) is 18.4. The van der Waals surface area contributed by atoms with Crippen LogP contribution in [0.5, 0.6) is 5.88 Å². The predicted octanol–water partition coefficient (Wildman–Crippen LogP) is 3.77. The lowest BCUT2D eigenvalue weighted by Crippen LogP contribution is -2.40. The third-order valence-electron chi connectivity index (χ3n) is 5.32. The minimum atomic E-state index is -0.176. The average Bonchev–Trinajstić information content (AvgIpc) is 3.46. The van der Waals surface area contributed by atoms with Crippen LogP contribution in [0.1, 0.15) is 11.7 Å². The monoisotopic (exact) mass is 452 g/mol. The summed E-state index contributed by atoms with van der Waals surface area (Å²) in [7, 11) is 3.45. The topological polar surface area (TPSA) is 91.3 Å². The van der Waals surface area contributed by atoms with E-state index in [4.69, 9.17) is 30.6 Å². The number of methoxy groups -OCH3 is 1. The van der Waals surface area contributed by atoms with Gasteiger partial charge in [-0.05, 0) is 18.2 Å². The second-order valence-corrected chi connectivity index (χ2v) is 7.80. The average molecular weight is 453 g/mol. The molecular weight excluding hydrogens is 432 g/mol. The van der Waals surface area contributed by atoms with Gasteiger partial charge < -0.3 is 18.9 Å². The molecule has 1 unspecified atom stereocenters. The van der Waals surface area contributed by atoms with Crippen molar-refractivity contribution < 1.29 is 14.0 Å². The molecule has 0 amide bonds. The largest absolute Gasteiger partial charge is 0.481 e. The number of hydrogen-bond donors (Lipinski definition) is 0. The highest BCUT2D eigenvalue weighted by Gasteiger charge is 2.31. The highest BCUT2D eigenvalue weighted by atomic mass is 35.5. The van der Waals surface area contributed by atoms with E-state index in [2.05, 4.69) is 20.1 Å². The molecule has 164 valence electrons. The fraction of sp³-hybridized carbons (Fsp3) is 0.273. The van der Waals surface area contributed by atoms with E-state index in [0.29, 0.717) is 48.2 Å². The van der Waals surface area contributed by atoms with Crippen LogP contribution in [0.15, 0.2) is 53.2 Å². The van der Waals surface area contributed by atoms with Crippen LogP contribution >= 0.6 is 11.6 Å². The minimum absolute atomic E-state index is 0.176. The van der Waals surface area contributed by atoms with E-state index in [1.807, 2.05) is 43.4 Å². The summed E-state index contributed by atoms with van der Waals surface area (Å²) in [6, 6.07) is 12.9. The molecule has 0 saturated carbocycles. The van der Waals surface area contributed by atoms with Gasteiger partial charge in [0, 0.05) is 48.1 Å². The SMILES string of the molecule is COc1ccc(-c2nc(N3CCOCC3c3cc(-c4cccc(Cl)c4)on3)nn2C)cn1. The van der Waals surface area contributed by atoms with Crippen molar-refractivity contribution in [2.24, 2.45) is 7.05 Å². The maximum absolute atomic E-state index is 6.12. The Morgan fingerprint density at radius 1 is 1.16 bits per heavy atom. The summed E-state index contributed by atoms with van der Waals surface area (Å²) in [5.74, 6) is 2.50. The standard InChI is InChI=1S/C22H21ClN6O3/c1-28-21(15-6-7-20(30-2)24-12-15)25-22(26-28)29-8-9-31-13-18(29)17-11-19(32-27-17)14-4-3-5-16(23)10-14/h3-7,10-12,18H,8-9,13H2,1-2H3. The maximum atomic E-state index is 6.12. The molecule has 0 spiro atoms. The molecule has 1 fully saturated rings. The van der Waals surface area contributed by atoms with E-state index < -0.39 is 0 Å². The van der Waals surface area contributed by atoms with Crippen molar-refractivity contribution in [2.75, 3.05) is 31.8 Å². The van der Waals surface area contributed by atoms with Crippen LogP contribution in [0, 0.1) is 0 Å². The molecule has 1 aliphatic heterocycles. The van der Waals surface area contributed by atoms with Crippen molar-refractivity contribution in [3.8, 4) is 28.6 Å². The molecule has 0 N–H and O–H groups in total. The first kappa shape index (κ1) is 20.5. The molecule has 0 radical (unpaired) electrons. The number of morpholine rings is 1. The van der Waals surface area contributed by atoms with Gasteiger partial charge in [-0.15, -0.1) is 5.10 Å². The Morgan fingerprint density at radius 3 is 2.84 bits per heavy atom. The van der Waals surface area contributed by atoms with Gasteiger partial charge in [0.2, 0.25) is 11.8 Å². The van der Waals surface area contributed by atoms with E-state index in [-0.39, 0.29) is 6.04 Å². The second kappa shape index (κ2) is 8.60. The molecule has 1 aliphatic rings. The first-order valence-electron chi connectivity index (χ1n) is 10.1. The number of rotatable bonds is 5. The number of aryl methyl sites for hydroxylation is 1. The van der Waals surface area contributed by atoms with Crippen molar-refractivity contribution in [2.45, 2.75) is 6.04 Å². The Balaban J connectivity index is 1.44. The molecule has 4 aromatic rings. The van der Waals surface area contributed by atoms with Gasteiger partial charge in [0.05, 0.1) is 20.3 Å². The summed E-state index contributed by atoms with van der Waals surface area (Å²) in [6.07, 6.45) is 1.72. The summed E-state index contributed by atoms with van der Waals surface area (Å²) < 4.78 is 18.2. The molecule has 9 nitrogen and oxygen atoms in total. The molecule has 3 aromatic heterocycles. The summed E-state index contributed by atoms with van der Waals surface area (Å²) >= 11 is 6.12. The van der Waals surface area contributed by atoms with Gasteiger partial charge in [0.25, 0.3) is 0 Å². The Bertz CT molecular complexity index is 1220. The van der Waals surface area contributed by atoms with Crippen LogP contribution in [-0.4, -0.2) is 51.8 Å². The third kappa shape index (κ3) is 3.92. The number of benzene rings is 1. The molecule has 1 saturated heterocycles. The van der Waals surface area contributed by atoms with Crippen molar-refractivity contribution >= 4 is 17.5 Å². The van der Waals surface area contributed by atoms with Crippen LogP contribution in [0.2, 0.25) is 5.02 Å². The zero-order valence-electron chi connectivity index (χ0n) is 17.6. The van der Waals surface area contributed by atoms with Crippen molar-refractivity contribution in [1.29, 1.82) is 0 Å². The Hall–Kier alpha value is -3.43. The van der Waals surface area contributed by atoms with Crippen molar-refractivity contribution in [3.63, 3.8) is 0 Å². The van der Waals surface area contributed by atoms with Crippen LogP contribution in [0.3, 0.4) is 0 Å². The normalized spacial score (nSPS) is 16.3. The number of halogens is 1. The molecule has 1 aromatic carbocycles. The highest BCUT2D eigenvalue weighted by Crippen LogP contribution is 2.32. The van der Waals surface area contributed by atoms with Gasteiger partial charge in [-0.3, -0.25) is 0 Å². The summed E-state index contributed by atoms with van der Waals surface area (Å²) in [6.45, 7) is 1.67. The second-order valence-electron chi connectivity index (χ2n) is 7.36. The fourth-order valence-corrected chi connectivity index (χ4v) is 3.88. The fourth-order valence-electron chi connectivity index (χ4n) is 3.69. The molecule has 1 atom stereocenters.